The van der Waals surface area contributed by atoms with Crippen molar-refractivity contribution in [2.24, 2.45) is 5.73 Å². The predicted molar refractivity (Wildman–Crippen MR) is 79.0 cm³/mol. The van der Waals surface area contributed by atoms with Crippen molar-refractivity contribution in [3.63, 3.8) is 0 Å². The van der Waals surface area contributed by atoms with Crippen LogP contribution >= 0.6 is 0 Å². The molecule has 0 saturated carbocycles. The summed E-state index contributed by atoms with van der Waals surface area (Å²) in [6.07, 6.45) is 0. The Morgan fingerprint density at radius 2 is 1.76 bits per heavy atom. The van der Waals surface area contributed by atoms with E-state index in [1.807, 2.05) is 18.2 Å². The van der Waals surface area contributed by atoms with Crippen molar-refractivity contribution in [3.05, 3.63) is 65.5 Å². The van der Waals surface area contributed by atoms with Crippen LogP contribution in [-0.2, 0) is 22.7 Å². The number of carbonyl (C=O) groups is 1. The molecule has 0 aliphatic carbocycles. The number of carbonyl (C=O) groups excluding carboxylic acids is 1. The molecule has 0 unspecified atom stereocenters. The molecule has 2 aromatic rings. The number of halogens is 1. The third kappa shape index (κ3) is 4.37. The second-order valence-corrected chi connectivity index (χ2v) is 4.49. The van der Waals surface area contributed by atoms with Crippen LogP contribution in [0.2, 0.25) is 0 Å². The first-order valence-corrected chi connectivity index (χ1v) is 6.59. The van der Waals surface area contributed by atoms with Crippen molar-refractivity contribution in [2.45, 2.75) is 13.2 Å². The summed E-state index contributed by atoms with van der Waals surface area (Å²) in [7, 11) is 0. The number of para-hydroxylation sites is 1. The van der Waals surface area contributed by atoms with E-state index in [9.17, 15) is 9.18 Å². The second-order valence-electron chi connectivity index (χ2n) is 4.49. The normalized spacial score (nSPS) is 10.4. The number of nitrogens with one attached hydrogen (secondary N) is 1. The number of nitrogens with two attached hydrogens (primary N) is 1. The molecule has 0 radical (unpaired) electrons. The maximum atomic E-state index is 13.4. The SMILES string of the molecule is NCc1ccccc1NC(=O)COCc1ccccc1F. The minimum atomic E-state index is -0.341. The quantitative estimate of drug-likeness (QED) is 0.858. The van der Waals surface area contributed by atoms with E-state index in [0.717, 1.165) is 5.56 Å². The molecule has 1 amide bonds. The highest BCUT2D eigenvalue weighted by Gasteiger charge is 2.07. The standard InChI is InChI=1S/C16H17FN2O2/c17-14-7-3-1-6-13(14)10-21-11-16(20)19-15-8-4-2-5-12(15)9-18/h1-8H,9-11,18H2,(H,19,20). The van der Waals surface area contributed by atoms with Crippen LogP contribution in [0.15, 0.2) is 48.5 Å². The van der Waals surface area contributed by atoms with Crippen LogP contribution < -0.4 is 11.1 Å². The summed E-state index contributed by atoms with van der Waals surface area (Å²) >= 11 is 0. The molecule has 0 aliphatic rings. The molecular formula is C16H17FN2O2. The Morgan fingerprint density at radius 3 is 2.48 bits per heavy atom. The zero-order valence-electron chi connectivity index (χ0n) is 11.5. The zero-order chi connectivity index (χ0) is 15.1. The molecule has 0 aliphatic heterocycles. The van der Waals surface area contributed by atoms with Gasteiger partial charge in [0.15, 0.2) is 0 Å². The van der Waals surface area contributed by atoms with Crippen LogP contribution in [0.25, 0.3) is 0 Å². The van der Waals surface area contributed by atoms with Gasteiger partial charge in [0, 0.05) is 17.8 Å². The molecule has 0 spiro atoms. The number of ether oxygens (including phenoxy) is 1. The Labute approximate surface area is 122 Å². The van der Waals surface area contributed by atoms with Gasteiger partial charge in [0.05, 0.1) is 6.61 Å². The molecule has 3 N–H and O–H groups in total. The van der Waals surface area contributed by atoms with E-state index in [2.05, 4.69) is 5.32 Å². The second kappa shape index (κ2) is 7.52. The Morgan fingerprint density at radius 1 is 1.10 bits per heavy atom. The highest BCUT2D eigenvalue weighted by molar-refractivity contribution is 5.92. The van der Waals surface area contributed by atoms with Crippen LogP contribution in [-0.4, -0.2) is 12.5 Å². The van der Waals surface area contributed by atoms with Gasteiger partial charge >= 0.3 is 0 Å². The lowest BCUT2D eigenvalue weighted by Gasteiger charge is -2.10. The summed E-state index contributed by atoms with van der Waals surface area (Å²) in [4.78, 5) is 11.8. The van der Waals surface area contributed by atoms with Crippen LogP contribution in [0.1, 0.15) is 11.1 Å². The van der Waals surface area contributed by atoms with E-state index in [1.54, 1.807) is 24.3 Å². The third-order valence-corrected chi connectivity index (χ3v) is 2.96. The Hall–Kier alpha value is -2.24. The molecule has 0 aromatic heterocycles. The van der Waals surface area contributed by atoms with E-state index < -0.39 is 0 Å². The van der Waals surface area contributed by atoms with Crippen molar-refractivity contribution >= 4 is 11.6 Å². The molecule has 2 aromatic carbocycles. The minimum Gasteiger partial charge on any atom is -0.367 e. The molecule has 0 saturated heterocycles. The van der Waals surface area contributed by atoms with Gasteiger partial charge in [-0.2, -0.15) is 0 Å². The fraction of sp³-hybridized carbons (Fsp3) is 0.188. The van der Waals surface area contributed by atoms with E-state index >= 15 is 0 Å². The van der Waals surface area contributed by atoms with Gasteiger partial charge in [-0.1, -0.05) is 36.4 Å². The van der Waals surface area contributed by atoms with Gasteiger partial charge in [-0.15, -0.1) is 0 Å². The van der Waals surface area contributed by atoms with Crippen molar-refractivity contribution in [1.29, 1.82) is 0 Å². The van der Waals surface area contributed by atoms with E-state index in [-0.39, 0.29) is 24.9 Å². The summed E-state index contributed by atoms with van der Waals surface area (Å²) in [5.41, 5.74) is 7.53. The molecule has 2 rings (SSSR count). The Balaban J connectivity index is 1.84. The van der Waals surface area contributed by atoms with Gasteiger partial charge < -0.3 is 15.8 Å². The number of rotatable bonds is 6. The lowest BCUT2D eigenvalue weighted by atomic mass is 10.2. The van der Waals surface area contributed by atoms with Crippen LogP contribution in [0.4, 0.5) is 10.1 Å². The number of anilines is 1. The van der Waals surface area contributed by atoms with Gasteiger partial charge in [0.2, 0.25) is 5.91 Å². The first-order valence-electron chi connectivity index (χ1n) is 6.59. The van der Waals surface area contributed by atoms with E-state index in [1.165, 1.54) is 6.07 Å². The average Bonchev–Trinajstić information content (AvgIpc) is 2.50. The van der Waals surface area contributed by atoms with Gasteiger partial charge in [-0.05, 0) is 17.7 Å². The fourth-order valence-electron chi connectivity index (χ4n) is 1.88. The van der Waals surface area contributed by atoms with Crippen molar-refractivity contribution in [3.8, 4) is 0 Å². The highest BCUT2D eigenvalue weighted by atomic mass is 19.1. The minimum absolute atomic E-state index is 0.0542. The topological polar surface area (TPSA) is 64.3 Å². The van der Waals surface area contributed by atoms with Crippen molar-refractivity contribution in [2.75, 3.05) is 11.9 Å². The molecule has 5 heteroatoms. The van der Waals surface area contributed by atoms with E-state index in [0.29, 0.717) is 17.8 Å². The Bertz CT molecular complexity index is 617. The summed E-state index contributed by atoms with van der Waals surface area (Å²) in [6, 6.07) is 13.6. The Kier molecular flexibility index (Phi) is 5.43. The van der Waals surface area contributed by atoms with Crippen molar-refractivity contribution < 1.29 is 13.9 Å². The monoisotopic (exact) mass is 288 g/mol. The molecule has 21 heavy (non-hydrogen) atoms. The summed E-state index contributed by atoms with van der Waals surface area (Å²) in [6.45, 7) is 0.248. The van der Waals surface area contributed by atoms with Crippen LogP contribution in [0, 0.1) is 5.82 Å². The summed E-state index contributed by atoms with van der Waals surface area (Å²) in [5.74, 6) is -0.640. The maximum absolute atomic E-state index is 13.4. The molecule has 0 fully saturated rings. The first kappa shape index (κ1) is 15.2. The van der Waals surface area contributed by atoms with Crippen LogP contribution in [0.3, 0.4) is 0 Å². The van der Waals surface area contributed by atoms with Gasteiger partial charge in [-0.25, -0.2) is 4.39 Å². The van der Waals surface area contributed by atoms with Gasteiger partial charge in [0.25, 0.3) is 0 Å². The van der Waals surface area contributed by atoms with Gasteiger partial charge in [-0.3, -0.25) is 4.79 Å². The smallest absolute Gasteiger partial charge is 0.250 e. The largest absolute Gasteiger partial charge is 0.367 e. The molecule has 0 bridgehead atoms. The zero-order valence-corrected chi connectivity index (χ0v) is 11.5. The summed E-state index contributed by atoms with van der Waals surface area (Å²) in [5, 5.41) is 2.72. The lowest BCUT2D eigenvalue weighted by molar-refractivity contribution is -0.121. The molecular weight excluding hydrogens is 271 g/mol. The fourth-order valence-corrected chi connectivity index (χ4v) is 1.88. The number of hydrogen-bond donors (Lipinski definition) is 2. The summed E-state index contributed by atoms with van der Waals surface area (Å²) < 4.78 is 18.6. The number of amides is 1. The number of benzene rings is 2. The predicted octanol–water partition coefficient (Wildman–Crippen LogP) is 2.44. The molecule has 4 nitrogen and oxygen atoms in total. The van der Waals surface area contributed by atoms with E-state index in [4.69, 9.17) is 10.5 Å². The maximum Gasteiger partial charge on any atom is 0.250 e. The average molecular weight is 288 g/mol. The van der Waals surface area contributed by atoms with Crippen LogP contribution in [0.5, 0.6) is 0 Å². The molecule has 0 atom stereocenters. The molecule has 110 valence electrons. The van der Waals surface area contributed by atoms with Gasteiger partial charge in [0.1, 0.15) is 12.4 Å². The van der Waals surface area contributed by atoms with Crippen molar-refractivity contribution in [1.82, 2.24) is 0 Å². The number of hydrogen-bond acceptors (Lipinski definition) is 3. The first-order chi connectivity index (χ1) is 10.2. The lowest BCUT2D eigenvalue weighted by Crippen LogP contribution is -2.19. The molecule has 0 heterocycles. The highest BCUT2D eigenvalue weighted by Crippen LogP contribution is 2.14. The third-order valence-electron chi connectivity index (χ3n) is 2.96.